The van der Waals surface area contributed by atoms with Crippen molar-refractivity contribution in [3.8, 4) is 0 Å². The van der Waals surface area contributed by atoms with Gasteiger partial charge >= 0.3 is 17.4 Å². The molecule has 0 heterocycles. The third-order valence-electron chi connectivity index (χ3n) is 0. The standard InChI is InChI=1S/Al.N.H4Si.Ti/h;;1H4;/q+3;-3;;. The van der Waals surface area contributed by atoms with Crippen LogP contribution in [0.2, 0.25) is 0 Å². The number of hydrogen-bond donors (Lipinski definition) is 0. The van der Waals surface area contributed by atoms with Gasteiger partial charge in [0.2, 0.25) is 0 Å². The molecule has 0 radical (unpaired) electrons. The molecule has 0 bridgehead atoms. The average Bonchev–Trinajstić information content (AvgIpc) is 0. The Bertz CT molecular complexity index is 8.00. The molecule has 4 heteroatoms. The Hall–Kier alpha value is 1.42. The zero-order chi connectivity index (χ0) is 0. The van der Waals surface area contributed by atoms with Crippen LogP contribution in [-0.4, -0.2) is 28.3 Å². The van der Waals surface area contributed by atoms with Crippen molar-refractivity contribution in [1.29, 1.82) is 0 Å². The topological polar surface area (TPSA) is 30.5 Å². The number of hydrogen-bond acceptors (Lipinski definition) is 0. The fourth-order valence-corrected chi connectivity index (χ4v) is 0. The Morgan fingerprint density at radius 1 is 1.00 bits per heavy atom. The molecular weight excluding hydrogens is 117 g/mol. The van der Waals surface area contributed by atoms with Crippen molar-refractivity contribution in [3.05, 3.63) is 6.15 Å². The summed E-state index contributed by atoms with van der Waals surface area (Å²) in [5.41, 5.74) is 0. The Kier molecular flexibility index (Phi) is 335. The van der Waals surface area contributed by atoms with E-state index in [4.69, 9.17) is 0 Å². The second kappa shape index (κ2) is 25.6. The van der Waals surface area contributed by atoms with Crippen LogP contribution in [0.25, 0.3) is 6.15 Å². The van der Waals surface area contributed by atoms with Crippen molar-refractivity contribution in [2.24, 2.45) is 0 Å². The minimum absolute atomic E-state index is 0. The smallest absolute Gasteiger partial charge is 3.00 e. The van der Waals surface area contributed by atoms with Gasteiger partial charge < -0.3 is 6.15 Å². The van der Waals surface area contributed by atoms with Crippen LogP contribution >= 0.6 is 0 Å². The van der Waals surface area contributed by atoms with Crippen LogP contribution in [0.3, 0.4) is 0 Å². The van der Waals surface area contributed by atoms with Crippen molar-refractivity contribution < 1.29 is 21.7 Å². The molecule has 0 atom stereocenters. The molecule has 0 aliphatic rings. The van der Waals surface area contributed by atoms with Crippen LogP contribution in [-0.2, 0) is 21.7 Å². The molecular formula is H4AlNSiTi. The molecule has 0 rings (SSSR count). The van der Waals surface area contributed by atoms with E-state index >= 15 is 0 Å². The summed E-state index contributed by atoms with van der Waals surface area (Å²) in [6, 6.07) is 0. The summed E-state index contributed by atoms with van der Waals surface area (Å²) >= 11 is 0. The van der Waals surface area contributed by atoms with E-state index in [9.17, 15) is 0 Å². The Morgan fingerprint density at radius 2 is 1.00 bits per heavy atom. The fourth-order valence-electron chi connectivity index (χ4n) is 0. The number of nitrogens with zero attached hydrogens (tertiary/aromatic N) is 1. The molecule has 0 amide bonds. The van der Waals surface area contributed by atoms with Gasteiger partial charge in [-0.15, -0.1) is 0 Å². The summed E-state index contributed by atoms with van der Waals surface area (Å²) < 4.78 is 0. The summed E-state index contributed by atoms with van der Waals surface area (Å²) in [5, 5.41) is 0. The quantitative estimate of drug-likeness (QED) is 0.347. The maximum Gasteiger partial charge on any atom is 3.00 e. The first-order valence-electron chi connectivity index (χ1n) is 0. The predicted octanol–water partition coefficient (Wildman–Crippen LogP) is -1.55. The van der Waals surface area contributed by atoms with Crippen LogP contribution in [0.5, 0.6) is 0 Å². The molecule has 0 aliphatic heterocycles. The molecule has 0 aromatic carbocycles. The van der Waals surface area contributed by atoms with E-state index in [-0.39, 0.29) is 56.2 Å². The minimum Gasteiger partial charge on any atom is -3.00 e. The normalized spacial score (nSPS) is 0. The summed E-state index contributed by atoms with van der Waals surface area (Å²) in [7, 11) is 0. The molecule has 0 aliphatic carbocycles. The molecule has 20 valence electrons. The van der Waals surface area contributed by atoms with Gasteiger partial charge in [0, 0.05) is 21.7 Å². The van der Waals surface area contributed by atoms with E-state index in [2.05, 4.69) is 0 Å². The van der Waals surface area contributed by atoms with Gasteiger partial charge in [0.25, 0.3) is 0 Å². The largest absolute Gasteiger partial charge is 3.00 e. The van der Waals surface area contributed by atoms with Gasteiger partial charge in [0.1, 0.15) is 0 Å². The van der Waals surface area contributed by atoms with Crippen molar-refractivity contribution >= 4 is 28.3 Å². The van der Waals surface area contributed by atoms with Crippen molar-refractivity contribution in [2.45, 2.75) is 0 Å². The van der Waals surface area contributed by atoms with E-state index in [1.807, 2.05) is 0 Å². The van der Waals surface area contributed by atoms with Gasteiger partial charge in [-0.25, -0.2) is 0 Å². The molecule has 0 unspecified atom stereocenters. The summed E-state index contributed by atoms with van der Waals surface area (Å²) in [4.78, 5) is 0. The van der Waals surface area contributed by atoms with Crippen LogP contribution in [0.15, 0.2) is 0 Å². The van der Waals surface area contributed by atoms with Crippen LogP contribution in [0.4, 0.5) is 0 Å². The molecule has 0 aromatic rings. The number of rotatable bonds is 0. The maximum absolute atomic E-state index is 0. The first kappa shape index (κ1) is 52.4. The van der Waals surface area contributed by atoms with Crippen LogP contribution in [0.1, 0.15) is 0 Å². The second-order valence-electron chi connectivity index (χ2n) is 0. The van der Waals surface area contributed by atoms with Gasteiger partial charge in [-0.1, -0.05) is 0 Å². The van der Waals surface area contributed by atoms with E-state index in [1.54, 1.807) is 0 Å². The predicted molar refractivity (Wildman–Crippen MR) is 20.4 cm³/mol. The van der Waals surface area contributed by atoms with Gasteiger partial charge in [-0.3, -0.25) is 0 Å². The van der Waals surface area contributed by atoms with Crippen LogP contribution < -0.4 is 0 Å². The third-order valence-corrected chi connectivity index (χ3v) is 0. The van der Waals surface area contributed by atoms with E-state index in [0.717, 1.165) is 0 Å². The van der Waals surface area contributed by atoms with Gasteiger partial charge in [0.15, 0.2) is 0 Å². The zero-order valence-corrected chi connectivity index (χ0v) is 4.24. The Labute approximate surface area is 56.2 Å². The Morgan fingerprint density at radius 3 is 1.00 bits per heavy atom. The van der Waals surface area contributed by atoms with E-state index in [1.165, 1.54) is 0 Å². The Balaban J connectivity index is 0. The van der Waals surface area contributed by atoms with Crippen LogP contribution in [0, 0.1) is 0 Å². The zero-order valence-electron chi connectivity index (χ0n) is 1.52. The summed E-state index contributed by atoms with van der Waals surface area (Å²) in [6.07, 6.45) is 0. The van der Waals surface area contributed by atoms with Crippen molar-refractivity contribution in [3.63, 3.8) is 0 Å². The van der Waals surface area contributed by atoms with E-state index in [0.29, 0.717) is 0 Å². The maximum atomic E-state index is 0. The van der Waals surface area contributed by atoms with Crippen molar-refractivity contribution in [2.75, 3.05) is 0 Å². The van der Waals surface area contributed by atoms with Gasteiger partial charge in [-0.05, 0) is 11.0 Å². The van der Waals surface area contributed by atoms with E-state index < -0.39 is 0 Å². The molecule has 4 heavy (non-hydrogen) atoms. The van der Waals surface area contributed by atoms with Gasteiger partial charge in [0.05, 0.1) is 0 Å². The first-order valence-corrected chi connectivity index (χ1v) is 0. The van der Waals surface area contributed by atoms with Gasteiger partial charge in [-0.2, -0.15) is 0 Å². The molecule has 0 N–H and O–H groups in total. The third kappa shape index (κ3) is 9.92. The SMILES string of the molecule is [Al+3].[N-3].[SiH4].[Ti]. The monoisotopic (exact) mass is 121 g/mol. The molecule has 0 saturated carbocycles. The van der Waals surface area contributed by atoms with Crippen molar-refractivity contribution in [1.82, 2.24) is 0 Å². The second-order valence-corrected chi connectivity index (χ2v) is 0. The molecule has 1 nitrogen and oxygen atoms in total. The molecule has 0 fully saturated rings. The summed E-state index contributed by atoms with van der Waals surface area (Å²) in [5.74, 6) is 0. The average molecular weight is 121 g/mol. The molecule has 0 saturated heterocycles. The fraction of sp³-hybridized carbons (Fsp3) is 0. The minimum atomic E-state index is 0. The first-order chi connectivity index (χ1) is 0. The molecule has 0 spiro atoms. The molecule has 0 aromatic heterocycles. The summed E-state index contributed by atoms with van der Waals surface area (Å²) in [6.45, 7) is 0.